The van der Waals surface area contributed by atoms with E-state index in [1.165, 1.54) is 17.0 Å². The Labute approximate surface area is 204 Å². The molecule has 0 atom stereocenters. The van der Waals surface area contributed by atoms with Crippen LogP contribution in [0.1, 0.15) is 27.0 Å². The van der Waals surface area contributed by atoms with Gasteiger partial charge >= 0.3 is 5.97 Å². The van der Waals surface area contributed by atoms with Gasteiger partial charge < -0.3 is 4.74 Å². The Morgan fingerprint density at radius 1 is 1.03 bits per heavy atom. The molecule has 0 bridgehead atoms. The second-order valence-corrected chi connectivity index (χ2v) is 9.08. The van der Waals surface area contributed by atoms with Gasteiger partial charge in [0.1, 0.15) is 5.75 Å². The van der Waals surface area contributed by atoms with Crippen molar-refractivity contribution in [2.75, 3.05) is 0 Å². The Morgan fingerprint density at radius 2 is 1.76 bits per heavy atom. The molecule has 0 N–H and O–H groups in total. The second kappa shape index (κ2) is 9.83. The van der Waals surface area contributed by atoms with E-state index in [0.717, 1.165) is 22.9 Å². The van der Waals surface area contributed by atoms with Gasteiger partial charge in [-0.15, -0.1) is 0 Å². The number of carbonyl (C=O) groups excluding carboxylic acids is 3. The maximum atomic E-state index is 12.9. The van der Waals surface area contributed by atoms with Gasteiger partial charge in [0, 0.05) is 10.6 Å². The van der Waals surface area contributed by atoms with Gasteiger partial charge in [0.2, 0.25) is 0 Å². The van der Waals surface area contributed by atoms with E-state index in [-0.39, 0.29) is 33.0 Å². The molecule has 1 saturated heterocycles. The number of rotatable bonds is 5. The van der Waals surface area contributed by atoms with Gasteiger partial charge in [-0.3, -0.25) is 14.5 Å². The lowest BCUT2D eigenvalue weighted by molar-refractivity contribution is -0.123. The summed E-state index contributed by atoms with van der Waals surface area (Å²) >= 11 is 12.8. The van der Waals surface area contributed by atoms with Crippen molar-refractivity contribution in [3.8, 4) is 5.75 Å². The molecule has 3 aromatic carbocycles. The third-order valence-electron chi connectivity index (χ3n) is 5.02. The van der Waals surface area contributed by atoms with E-state index >= 15 is 0 Å². The highest BCUT2D eigenvalue weighted by Crippen LogP contribution is 2.35. The van der Waals surface area contributed by atoms with Crippen molar-refractivity contribution in [1.82, 2.24) is 4.90 Å². The van der Waals surface area contributed by atoms with Crippen LogP contribution in [0.25, 0.3) is 6.08 Å². The van der Waals surface area contributed by atoms with Crippen LogP contribution >= 0.6 is 35.0 Å². The van der Waals surface area contributed by atoms with Crippen molar-refractivity contribution in [3.63, 3.8) is 0 Å². The molecule has 2 amide bonds. The zero-order valence-electron chi connectivity index (χ0n) is 17.4. The first-order valence-corrected chi connectivity index (χ1v) is 11.5. The summed E-state index contributed by atoms with van der Waals surface area (Å²) in [5.41, 5.74) is 2.54. The minimum Gasteiger partial charge on any atom is -0.422 e. The summed E-state index contributed by atoms with van der Waals surface area (Å²) in [4.78, 5) is 39.6. The van der Waals surface area contributed by atoms with E-state index in [9.17, 15) is 14.4 Å². The number of hydrogen-bond acceptors (Lipinski definition) is 5. The summed E-state index contributed by atoms with van der Waals surface area (Å²) in [6, 6.07) is 18.8. The topological polar surface area (TPSA) is 63.7 Å². The van der Waals surface area contributed by atoms with Crippen LogP contribution < -0.4 is 4.74 Å². The smallest absolute Gasteiger partial charge is 0.345 e. The van der Waals surface area contributed by atoms with E-state index in [4.69, 9.17) is 27.9 Å². The fourth-order valence-corrected chi connectivity index (χ4v) is 4.55. The average Bonchev–Trinajstić information content (AvgIpc) is 3.04. The van der Waals surface area contributed by atoms with Gasteiger partial charge in [0.05, 0.1) is 22.0 Å². The highest BCUT2D eigenvalue weighted by Gasteiger charge is 2.35. The Bertz CT molecular complexity index is 1310. The molecule has 1 aliphatic rings. The number of halogens is 2. The minimum atomic E-state index is -0.662. The average molecular weight is 498 g/mol. The van der Waals surface area contributed by atoms with E-state index in [0.29, 0.717) is 10.6 Å². The van der Waals surface area contributed by atoms with E-state index < -0.39 is 11.9 Å². The van der Waals surface area contributed by atoms with Crippen molar-refractivity contribution in [1.29, 1.82) is 0 Å². The Morgan fingerprint density at radius 3 is 2.52 bits per heavy atom. The fraction of sp³-hybridized carbons (Fsp3) is 0.0800. The molecule has 4 rings (SSSR count). The molecule has 0 radical (unpaired) electrons. The van der Waals surface area contributed by atoms with Crippen molar-refractivity contribution < 1.29 is 19.1 Å². The zero-order valence-corrected chi connectivity index (χ0v) is 19.7. The number of ether oxygens (including phenoxy) is 1. The lowest BCUT2D eigenvalue weighted by Crippen LogP contribution is -2.27. The number of carbonyl (C=O) groups is 3. The molecule has 33 heavy (non-hydrogen) atoms. The summed E-state index contributed by atoms with van der Waals surface area (Å²) in [6.45, 7) is 2.13. The summed E-state index contributed by atoms with van der Waals surface area (Å²) < 4.78 is 5.53. The molecule has 0 unspecified atom stereocenters. The highest BCUT2D eigenvalue weighted by atomic mass is 35.5. The summed E-state index contributed by atoms with van der Waals surface area (Å²) in [6.07, 6.45) is 1.55. The number of hydrogen-bond donors (Lipinski definition) is 0. The molecule has 166 valence electrons. The molecule has 0 spiro atoms. The van der Waals surface area contributed by atoms with Crippen LogP contribution in [0, 0.1) is 6.92 Å². The van der Waals surface area contributed by atoms with Crippen LogP contribution in [0.5, 0.6) is 5.75 Å². The van der Waals surface area contributed by atoms with Gasteiger partial charge in [-0.2, -0.15) is 0 Å². The van der Waals surface area contributed by atoms with Gasteiger partial charge in [-0.25, -0.2) is 4.79 Å². The number of benzene rings is 3. The van der Waals surface area contributed by atoms with E-state index in [1.807, 2.05) is 31.2 Å². The maximum absolute atomic E-state index is 12.9. The largest absolute Gasteiger partial charge is 0.422 e. The van der Waals surface area contributed by atoms with Crippen LogP contribution in [0.4, 0.5) is 4.79 Å². The minimum absolute atomic E-state index is 0.162. The maximum Gasteiger partial charge on any atom is 0.345 e. The SMILES string of the molecule is Cc1ccccc1CN1C(=O)S/C(=C\c2ccccc2OC(=O)c2ccc(Cl)cc2Cl)C1=O. The lowest BCUT2D eigenvalue weighted by atomic mass is 10.1. The quantitative estimate of drug-likeness (QED) is 0.221. The third-order valence-corrected chi connectivity index (χ3v) is 6.48. The van der Waals surface area contributed by atoms with Crippen LogP contribution in [0.2, 0.25) is 10.0 Å². The van der Waals surface area contributed by atoms with Crippen LogP contribution in [-0.2, 0) is 11.3 Å². The first-order valence-electron chi connectivity index (χ1n) is 9.89. The predicted molar refractivity (Wildman–Crippen MR) is 131 cm³/mol. The van der Waals surface area contributed by atoms with Crippen molar-refractivity contribution in [2.45, 2.75) is 13.5 Å². The van der Waals surface area contributed by atoms with Gasteiger partial charge in [-0.05, 0) is 60.2 Å². The van der Waals surface area contributed by atoms with Crippen LogP contribution in [-0.4, -0.2) is 22.0 Å². The number of para-hydroxylation sites is 1. The molecular formula is C25H17Cl2NO4S. The van der Waals surface area contributed by atoms with Gasteiger partial charge in [0.25, 0.3) is 11.1 Å². The molecular weight excluding hydrogens is 481 g/mol. The predicted octanol–water partition coefficient (Wildman–Crippen LogP) is 6.76. The van der Waals surface area contributed by atoms with Crippen molar-refractivity contribution >= 4 is 58.2 Å². The number of esters is 1. The Balaban J connectivity index is 1.57. The summed E-state index contributed by atoms with van der Waals surface area (Å²) in [5, 5.41) is 0.220. The highest BCUT2D eigenvalue weighted by molar-refractivity contribution is 8.18. The molecule has 3 aromatic rings. The number of amides is 2. The zero-order chi connectivity index (χ0) is 23.5. The van der Waals surface area contributed by atoms with Crippen LogP contribution in [0.3, 0.4) is 0 Å². The fourth-order valence-electron chi connectivity index (χ4n) is 3.24. The first kappa shape index (κ1) is 23.1. The van der Waals surface area contributed by atoms with E-state index in [2.05, 4.69) is 0 Å². The molecule has 1 aliphatic heterocycles. The standard InChI is InChI=1S/C25H17Cl2NO4S/c1-15-6-2-3-8-17(15)14-28-23(29)22(33-25(28)31)12-16-7-4-5-9-21(16)32-24(30)19-11-10-18(26)13-20(19)27/h2-13H,14H2,1H3/b22-12-. The Hall–Kier alpha value is -3.06. The lowest BCUT2D eigenvalue weighted by Gasteiger charge is -2.14. The number of nitrogens with zero attached hydrogens (tertiary/aromatic N) is 1. The molecule has 8 heteroatoms. The number of thioether (sulfide) groups is 1. The second-order valence-electron chi connectivity index (χ2n) is 7.25. The molecule has 0 aromatic heterocycles. The van der Waals surface area contributed by atoms with Crippen molar-refractivity contribution in [3.05, 3.63) is 104 Å². The molecule has 0 aliphatic carbocycles. The number of aryl methyl sites for hydroxylation is 1. The molecule has 5 nitrogen and oxygen atoms in total. The first-order chi connectivity index (χ1) is 15.8. The summed E-state index contributed by atoms with van der Waals surface area (Å²) in [7, 11) is 0. The van der Waals surface area contributed by atoms with Gasteiger partial charge in [-0.1, -0.05) is 65.7 Å². The normalized spacial score (nSPS) is 14.8. The Kier molecular flexibility index (Phi) is 6.88. The molecule has 0 saturated carbocycles. The molecule has 1 heterocycles. The number of imide groups is 1. The third kappa shape index (κ3) is 5.14. The van der Waals surface area contributed by atoms with E-state index in [1.54, 1.807) is 36.4 Å². The van der Waals surface area contributed by atoms with Gasteiger partial charge in [0.15, 0.2) is 0 Å². The van der Waals surface area contributed by atoms with Crippen molar-refractivity contribution in [2.24, 2.45) is 0 Å². The van der Waals surface area contributed by atoms with Crippen LogP contribution in [0.15, 0.2) is 71.6 Å². The molecule has 1 fully saturated rings. The summed E-state index contributed by atoms with van der Waals surface area (Å²) in [5.74, 6) is -0.820. The monoisotopic (exact) mass is 497 g/mol.